The fourth-order valence-corrected chi connectivity index (χ4v) is 1.51. The molecular formula is C12H29N3. The van der Waals surface area contributed by atoms with Gasteiger partial charge in [0, 0.05) is 13.1 Å². The van der Waals surface area contributed by atoms with E-state index in [4.69, 9.17) is 5.73 Å². The summed E-state index contributed by atoms with van der Waals surface area (Å²) >= 11 is 0. The standard InChI is InChI=1S/C12H29N3/c1-2-3-4-5-6-9-14-11-12-15-10-7-8-13/h14-15H,2-13H2,1H3. The SMILES string of the molecule is CCCCCCCNCCNCCCN. The average molecular weight is 215 g/mol. The van der Waals surface area contributed by atoms with Gasteiger partial charge in [-0.3, -0.25) is 0 Å². The summed E-state index contributed by atoms with van der Waals surface area (Å²) in [4.78, 5) is 0. The normalized spacial score (nSPS) is 10.8. The smallest absolute Gasteiger partial charge is 0.00767 e. The van der Waals surface area contributed by atoms with Gasteiger partial charge in [0.2, 0.25) is 0 Å². The fraction of sp³-hybridized carbons (Fsp3) is 1.00. The summed E-state index contributed by atoms with van der Waals surface area (Å²) < 4.78 is 0. The van der Waals surface area contributed by atoms with Crippen LogP contribution in [-0.2, 0) is 0 Å². The molecule has 92 valence electrons. The van der Waals surface area contributed by atoms with E-state index in [-0.39, 0.29) is 0 Å². The number of nitrogens with two attached hydrogens (primary N) is 1. The summed E-state index contributed by atoms with van der Waals surface area (Å²) in [6.45, 7) is 7.41. The first-order valence-corrected chi connectivity index (χ1v) is 6.53. The highest BCUT2D eigenvalue weighted by Crippen LogP contribution is 2.00. The second-order valence-corrected chi connectivity index (χ2v) is 4.06. The molecule has 0 unspecified atom stereocenters. The van der Waals surface area contributed by atoms with Crippen LogP contribution in [0.15, 0.2) is 0 Å². The first-order chi connectivity index (χ1) is 7.41. The summed E-state index contributed by atoms with van der Waals surface area (Å²) in [6.07, 6.45) is 7.90. The maximum atomic E-state index is 5.39. The first kappa shape index (κ1) is 14.9. The lowest BCUT2D eigenvalue weighted by atomic mass is 10.1. The Balaban J connectivity index is 2.81. The Morgan fingerprint density at radius 2 is 1.33 bits per heavy atom. The Bertz CT molecular complexity index is 95.0. The van der Waals surface area contributed by atoms with Crippen molar-refractivity contribution in [2.45, 2.75) is 45.4 Å². The molecule has 0 spiro atoms. The highest BCUT2D eigenvalue weighted by Gasteiger charge is 1.90. The van der Waals surface area contributed by atoms with Crippen LogP contribution in [0.25, 0.3) is 0 Å². The molecule has 15 heavy (non-hydrogen) atoms. The third kappa shape index (κ3) is 13.9. The van der Waals surface area contributed by atoms with E-state index >= 15 is 0 Å². The maximum Gasteiger partial charge on any atom is 0.00767 e. The van der Waals surface area contributed by atoms with Crippen LogP contribution in [-0.4, -0.2) is 32.7 Å². The molecule has 0 aliphatic rings. The van der Waals surface area contributed by atoms with Gasteiger partial charge in [-0.25, -0.2) is 0 Å². The van der Waals surface area contributed by atoms with Crippen molar-refractivity contribution < 1.29 is 0 Å². The molecule has 0 aromatic carbocycles. The lowest BCUT2D eigenvalue weighted by Gasteiger charge is -2.05. The second kappa shape index (κ2) is 13.9. The van der Waals surface area contributed by atoms with Gasteiger partial charge in [-0.05, 0) is 32.5 Å². The predicted molar refractivity (Wildman–Crippen MR) is 68.2 cm³/mol. The Kier molecular flexibility index (Phi) is 13.8. The maximum absolute atomic E-state index is 5.39. The van der Waals surface area contributed by atoms with Crippen molar-refractivity contribution in [3.05, 3.63) is 0 Å². The third-order valence-electron chi connectivity index (χ3n) is 2.49. The summed E-state index contributed by atoms with van der Waals surface area (Å²) in [5, 5.41) is 6.80. The average Bonchev–Trinajstić information content (AvgIpc) is 2.26. The van der Waals surface area contributed by atoms with Gasteiger partial charge in [-0.1, -0.05) is 32.6 Å². The van der Waals surface area contributed by atoms with Gasteiger partial charge in [0.05, 0.1) is 0 Å². The topological polar surface area (TPSA) is 50.1 Å². The largest absolute Gasteiger partial charge is 0.330 e. The van der Waals surface area contributed by atoms with Crippen molar-refractivity contribution in [1.82, 2.24) is 10.6 Å². The van der Waals surface area contributed by atoms with Gasteiger partial charge in [-0.2, -0.15) is 0 Å². The zero-order valence-electron chi connectivity index (χ0n) is 10.4. The molecule has 0 rings (SSSR count). The number of unbranched alkanes of at least 4 members (excludes halogenated alkanes) is 4. The van der Waals surface area contributed by atoms with E-state index in [1.54, 1.807) is 0 Å². The highest BCUT2D eigenvalue weighted by molar-refractivity contribution is 4.53. The van der Waals surface area contributed by atoms with E-state index in [1.165, 1.54) is 38.6 Å². The molecule has 0 aliphatic carbocycles. The van der Waals surface area contributed by atoms with Crippen LogP contribution in [0.1, 0.15) is 45.4 Å². The van der Waals surface area contributed by atoms with Gasteiger partial charge < -0.3 is 16.4 Å². The quantitative estimate of drug-likeness (QED) is 0.432. The minimum Gasteiger partial charge on any atom is -0.330 e. The van der Waals surface area contributed by atoms with Crippen LogP contribution >= 0.6 is 0 Å². The number of rotatable bonds is 12. The van der Waals surface area contributed by atoms with Crippen LogP contribution in [0.4, 0.5) is 0 Å². The molecule has 0 saturated heterocycles. The molecule has 0 atom stereocenters. The molecule has 4 N–H and O–H groups in total. The summed E-state index contributed by atoms with van der Waals surface area (Å²) in [5.41, 5.74) is 5.39. The second-order valence-electron chi connectivity index (χ2n) is 4.06. The minimum absolute atomic E-state index is 0.790. The predicted octanol–water partition coefficient (Wildman–Crippen LogP) is 1.48. The molecule has 0 heterocycles. The first-order valence-electron chi connectivity index (χ1n) is 6.53. The molecule has 0 aliphatic heterocycles. The fourth-order valence-electron chi connectivity index (χ4n) is 1.51. The van der Waals surface area contributed by atoms with E-state index in [1.807, 2.05) is 0 Å². The van der Waals surface area contributed by atoms with Gasteiger partial charge in [0.15, 0.2) is 0 Å². The number of hydrogen-bond acceptors (Lipinski definition) is 3. The zero-order chi connectivity index (χ0) is 11.2. The Morgan fingerprint density at radius 3 is 1.93 bits per heavy atom. The molecule has 3 heteroatoms. The molecule has 0 saturated carbocycles. The van der Waals surface area contributed by atoms with Crippen LogP contribution in [0.2, 0.25) is 0 Å². The van der Waals surface area contributed by atoms with E-state index in [0.29, 0.717) is 0 Å². The van der Waals surface area contributed by atoms with Gasteiger partial charge in [-0.15, -0.1) is 0 Å². The van der Waals surface area contributed by atoms with Crippen LogP contribution in [0.5, 0.6) is 0 Å². The molecule has 0 bridgehead atoms. The van der Waals surface area contributed by atoms with Crippen molar-refractivity contribution in [1.29, 1.82) is 0 Å². The Morgan fingerprint density at radius 1 is 0.733 bits per heavy atom. The third-order valence-corrected chi connectivity index (χ3v) is 2.49. The van der Waals surface area contributed by atoms with Crippen molar-refractivity contribution in [2.75, 3.05) is 32.7 Å². The van der Waals surface area contributed by atoms with Crippen molar-refractivity contribution in [3.8, 4) is 0 Å². The summed E-state index contributed by atoms with van der Waals surface area (Å²) in [5.74, 6) is 0. The molecule has 0 fully saturated rings. The number of hydrogen-bond donors (Lipinski definition) is 3. The van der Waals surface area contributed by atoms with E-state index < -0.39 is 0 Å². The van der Waals surface area contributed by atoms with Crippen LogP contribution in [0.3, 0.4) is 0 Å². The van der Waals surface area contributed by atoms with Crippen LogP contribution in [0, 0.1) is 0 Å². The molecule has 0 aromatic rings. The van der Waals surface area contributed by atoms with Crippen molar-refractivity contribution >= 4 is 0 Å². The minimum atomic E-state index is 0.790. The monoisotopic (exact) mass is 215 g/mol. The van der Waals surface area contributed by atoms with Crippen molar-refractivity contribution in [2.24, 2.45) is 5.73 Å². The summed E-state index contributed by atoms with van der Waals surface area (Å²) in [7, 11) is 0. The molecular weight excluding hydrogens is 186 g/mol. The van der Waals surface area contributed by atoms with E-state index in [9.17, 15) is 0 Å². The van der Waals surface area contributed by atoms with Gasteiger partial charge >= 0.3 is 0 Å². The Labute approximate surface area is 95.2 Å². The zero-order valence-corrected chi connectivity index (χ0v) is 10.4. The van der Waals surface area contributed by atoms with Gasteiger partial charge in [0.1, 0.15) is 0 Å². The highest BCUT2D eigenvalue weighted by atomic mass is 14.9. The Hall–Kier alpha value is -0.120. The summed E-state index contributed by atoms with van der Waals surface area (Å²) in [6, 6.07) is 0. The van der Waals surface area contributed by atoms with Crippen molar-refractivity contribution in [3.63, 3.8) is 0 Å². The molecule has 0 radical (unpaired) electrons. The van der Waals surface area contributed by atoms with Gasteiger partial charge in [0.25, 0.3) is 0 Å². The lowest BCUT2D eigenvalue weighted by Crippen LogP contribution is -2.29. The van der Waals surface area contributed by atoms with Crippen LogP contribution < -0.4 is 16.4 Å². The molecule has 3 nitrogen and oxygen atoms in total. The van der Waals surface area contributed by atoms with E-state index in [2.05, 4.69) is 17.6 Å². The lowest BCUT2D eigenvalue weighted by molar-refractivity contribution is 0.561. The molecule has 0 aromatic heterocycles. The molecule has 0 amide bonds. The van der Waals surface area contributed by atoms with E-state index in [0.717, 1.165) is 32.6 Å². The number of nitrogens with one attached hydrogen (secondary N) is 2.